The zero-order valence-electron chi connectivity index (χ0n) is 10.7. The molecule has 0 heterocycles. The zero-order chi connectivity index (χ0) is 14.7. The van der Waals surface area contributed by atoms with E-state index in [1.807, 2.05) is 0 Å². The van der Waals surface area contributed by atoms with Crippen LogP contribution < -0.4 is 0 Å². The molecule has 1 aromatic carbocycles. The lowest BCUT2D eigenvalue weighted by atomic mass is 10.1. The fraction of sp³-hybridized carbons (Fsp3) is 0.357. The quantitative estimate of drug-likeness (QED) is 0.476. The van der Waals surface area contributed by atoms with Crippen molar-refractivity contribution in [1.82, 2.24) is 4.90 Å². The van der Waals surface area contributed by atoms with Crippen molar-refractivity contribution in [2.75, 3.05) is 13.1 Å². The molecule has 0 saturated heterocycles. The first-order valence-corrected chi connectivity index (χ1v) is 6.58. The SMILES string of the molecule is C#CCN(CC1CC1)C(=O)c1cccc(Cl)c1[N+](=O)[O-]. The Kier molecular flexibility index (Phi) is 4.26. The predicted molar refractivity (Wildman–Crippen MR) is 75.6 cm³/mol. The monoisotopic (exact) mass is 292 g/mol. The van der Waals surface area contributed by atoms with E-state index in [0.717, 1.165) is 12.8 Å². The van der Waals surface area contributed by atoms with Gasteiger partial charge in [-0.25, -0.2) is 0 Å². The fourth-order valence-corrected chi connectivity index (χ4v) is 2.23. The zero-order valence-corrected chi connectivity index (χ0v) is 11.5. The van der Waals surface area contributed by atoms with Crippen molar-refractivity contribution in [2.24, 2.45) is 5.92 Å². The maximum absolute atomic E-state index is 12.4. The lowest BCUT2D eigenvalue weighted by Crippen LogP contribution is -2.33. The van der Waals surface area contributed by atoms with E-state index in [-0.39, 0.29) is 22.8 Å². The van der Waals surface area contributed by atoms with E-state index in [4.69, 9.17) is 18.0 Å². The topological polar surface area (TPSA) is 63.5 Å². The second-order valence-corrected chi connectivity index (χ2v) is 5.13. The van der Waals surface area contributed by atoms with Gasteiger partial charge in [0.2, 0.25) is 0 Å². The number of nitro benzene ring substituents is 1. The summed E-state index contributed by atoms with van der Waals surface area (Å²) in [5, 5.41) is 11.0. The Labute approximate surface area is 121 Å². The predicted octanol–water partition coefficient (Wildman–Crippen LogP) is 2.73. The molecule has 104 valence electrons. The van der Waals surface area contributed by atoms with Crippen LogP contribution in [0.4, 0.5) is 5.69 Å². The number of benzene rings is 1. The highest BCUT2D eigenvalue weighted by Crippen LogP contribution is 2.32. The first-order valence-electron chi connectivity index (χ1n) is 6.20. The lowest BCUT2D eigenvalue weighted by molar-refractivity contribution is -0.385. The molecule has 0 atom stereocenters. The molecule has 2 rings (SSSR count). The number of halogens is 1. The summed E-state index contributed by atoms with van der Waals surface area (Å²) >= 11 is 5.82. The van der Waals surface area contributed by atoms with Crippen LogP contribution in [0.3, 0.4) is 0 Å². The number of rotatable bonds is 5. The van der Waals surface area contributed by atoms with Gasteiger partial charge < -0.3 is 4.90 Å². The van der Waals surface area contributed by atoms with Crippen molar-refractivity contribution in [3.8, 4) is 12.3 Å². The maximum atomic E-state index is 12.4. The molecular formula is C14H13ClN2O3. The van der Waals surface area contributed by atoms with Crippen LogP contribution in [-0.2, 0) is 0 Å². The molecule has 0 unspecified atom stereocenters. The van der Waals surface area contributed by atoms with Crippen molar-refractivity contribution in [3.05, 3.63) is 38.9 Å². The minimum atomic E-state index is -0.638. The van der Waals surface area contributed by atoms with Crippen LogP contribution in [-0.4, -0.2) is 28.8 Å². The number of hydrogen-bond donors (Lipinski definition) is 0. The Morgan fingerprint density at radius 1 is 1.55 bits per heavy atom. The van der Waals surface area contributed by atoms with E-state index in [9.17, 15) is 14.9 Å². The van der Waals surface area contributed by atoms with Crippen molar-refractivity contribution < 1.29 is 9.72 Å². The van der Waals surface area contributed by atoms with E-state index in [1.165, 1.54) is 23.1 Å². The molecule has 0 radical (unpaired) electrons. The molecule has 6 heteroatoms. The van der Waals surface area contributed by atoms with E-state index >= 15 is 0 Å². The maximum Gasteiger partial charge on any atom is 0.300 e. The normalized spacial score (nSPS) is 13.6. The molecule has 0 aromatic heterocycles. The summed E-state index contributed by atoms with van der Waals surface area (Å²) in [5.41, 5.74) is -0.379. The molecule has 1 aliphatic rings. The Bertz CT molecular complexity index is 591. The van der Waals surface area contributed by atoms with Gasteiger partial charge in [0.05, 0.1) is 11.5 Å². The average molecular weight is 293 g/mol. The Hall–Kier alpha value is -2.06. The van der Waals surface area contributed by atoms with Gasteiger partial charge in [0, 0.05) is 6.54 Å². The summed E-state index contributed by atoms with van der Waals surface area (Å²) in [5.74, 6) is 2.43. The van der Waals surface area contributed by atoms with Gasteiger partial charge in [-0.1, -0.05) is 23.6 Å². The highest BCUT2D eigenvalue weighted by molar-refractivity contribution is 6.33. The van der Waals surface area contributed by atoms with Gasteiger partial charge in [-0.2, -0.15) is 0 Å². The minimum Gasteiger partial charge on any atom is -0.327 e. The summed E-state index contributed by atoms with van der Waals surface area (Å²) in [7, 11) is 0. The van der Waals surface area contributed by atoms with Gasteiger partial charge in [-0.05, 0) is 30.9 Å². The molecule has 1 saturated carbocycles. The number of amides is 1. The highest BCUT2D eigenvalue weighted by atomic mass is 35.5. The van der Waals surface area contributed by atoms with Crippen molar-refractivity contribution in [3.63, 3.8) is 0 Å². The second kappa shape index (κ2) is 5.93. The average Bonchev–Trinajstić information content (AvgIpc) is 3.20. The minimum absolute atomic E-state index is 0.0154. The Morgan fingerprint density at radius 3 is 2.80 bits per heavy atom. The molecule has 1 aliphatic carbocycles. The number of para-hydroxylation sites is 1. The smallest absolute Gasteiger partial charge is 0.300 e. The molecule has 0 spiro atoms. The Balaban J connectivity index is 2.33. The van der Waals surface area contributed by atoms with Crippen LogP contribution in [0.1, 0.15) is 23.2 Å². The largest absolute Gasteiger partial charge is 0.327 e. The molecule has 1 amide bonds. The van der Waals surface area contributed by atoms with E-state index < -0.39 is 10.8 Å². The standard InChI is InChI=1S/C14H13ClN2O3/c1-2-8-16(9-10-6-7-10)14(18)11-4-3-5-12(15)13(11)17(19)20/h1,3-5,10H,6-9H2. The molecule has 20 heavy (non-hydrogen) atoms. The summed E-state index contributed by atoms with van der Waals surface area (Å²) in [4.78, 5) is 24.3. The van der Waals surface area contributed by atoms with Gasteiger partial charge in [-0.15, -0.1) is 6.42 Å². The summed E-state index contributed by atoms with van der Waals surface area (Å²) in [6.07, 6.45) is 7.39. The van der Waals surface area contributed by atoms with Gasteiger partial charge >= 0.3 is 5.69 Å². The van der Waals surface area contributed by atoms with E-state index in [2.05, 4.69) is 5.92 Å². The van der Waals surface area contributed by atoms with Crippen molar-refractivity contribution >= 4 is 23.2 Å². The van der Waals surface area contributed by atoms with E-state index in [0.29, 0.717) is 12.5 Å². The molecule has 0 N–H and O–H groups in total. The summed E-state index contributed by atoms with van der Waals surface area (Å²) in [6, 6.07) is 4.32. The second-order valence-electron chi connectivity index (χ2n) is 4.73. The number of nitrogens with zero attached hydrogens (tertiary/aromatic N) is 2. The molecular weight excluding hydrogens is 280 g/mol. The van der Waals surface area contributed by atoms with Gasteiger partial charge in [-0.3, -0.25) is 14.9 Å². The van der Waals surface area contributed by atoms with Crippen LogP contribution in [0.2, 0.25) is 5.02 Å². The van der Waals surface area contributed by atoms with Crippen LogP contribution in [0.15, 0.2) is 18.2 Å². The van der Waals surface area contributed by atoms with Crippen molar-refractivity contribution in [1.29, 1.82) is 0 Å². The van der Waals surface area contributed by atoms with Crippen LogP contribution in [0, 0.1) is 28.4 Å². The number of carbonyl (C=O) groups is 1. The molecule has 1 aromatic rings. The van der Waals surface area contributed by atoms with Gasteiger partial charge in [0.1, 0.15) is 10.6 Å². The van der Waals surface area contributed by atoms with Crippen LogP contribution in [0.5, 0.6) is 0 Å². The van der Waals surface area contributed by atoms with Crippen molar-refractivity contribution in [2.45, 2.75) is 12.8 Å². The molecule has 0 bridgehead atoms. The van der Waals surface area contributed by atoms with E-state index in [1.54, 1.807) is 0 Å². The summed E-state index contributed by atoms with van der Waals surface area (Å²) < 4.78 is 0. The first kappa shape index (κ1) is 14.4. The number of nitro groups is 1. The third kappa shape index (κ3) is 3.09. The number of carbonyl (C=O) groups excluding carboxylic acids is 1. The fourth-order valence-electron chi connectivity index (χ4n) is 1.99. The third-order valence-electron chi connectivity index (χ3n) is 3.14. The first-order chi connectivity index (χ1) is 9.54. The van der Waals surface area contributed by atoms with Crippen LogP contribution >= 0.6 is 11.6 Å². The number of terminal acetylenes is 1. The third-order valence-corrected chi connectivity index (χ3v) is 3.45. The number of hydrogen-bond acceptors (Lipinski definition) is 3. The molecule has 5 nitrogen and oxygen atoms in total. The van der Waals surface area contributed by atoms with Gasteiger partial charge in [0.15, 0.2) is 0 Å². The highest BCUT2D eigenvalue weighted by Gasteiger charge is 2.31. The summed E-state index contributed by atoms with van der Waals surface area (Å²) in [6.45, 7) is 0.672. The van der Waals surface area contributed by atoms with Crippen LogP contribution in [0.25, 0.3) is 0 Å². The Morgan fingerprint density at radius 2 is 2.25 bits per heavy atom. The van der Waals surface area contributed by atoms with Gasteiger partial charge in [0.25, 0.3) is 5.91 Å². The lowest BCUT2D eigenvalue weighted by Gasteiger charge is -2.20. The molecule has 0 aliphatic heterocycles. The molecule has 1 fully saturated rings.